The van der Waals surface area contributed by atoms with Crippen molar-refractivity contribution in [2.75, 3.05) is 7.11 Å². The number of carbonyl (C=O) groups excluding carboxylic acids is 1. The van der Waals surface area contributed by atoms with Crippen molar-refractivity contribution in [2.24, 2.45) is 0 Å². The predicted molar refractivity (Wildman–Crippen MR) is 58.4 cm³/mol. The molecule has 0 aromatic rings. The molecule has 3 heteroatoms. The van der Waals surface area contributed by atoms with Crippen LogP contribution in [0.3, 0.4) is 0 Å². The Morgan fingerprint density at radius 2 is 1.69 bits per heavy atom. The van der Waals surface area contributed by atoms with Gasteiger partial charge in [-0.05, 0) is 0 Å². The van der Waals surface area contributed by atoms with E-state index in [0.717, 1.165) is 0 Å². The summed E-state index contributed by atoms with van der Waals surface area (Å²) in [4.78, 5) is 10.9. The molecule has 0 saturated heterocycles. The lowest BCUT2D eigenvalue weighted by Crippen LogP contribution is -2.28. The standard InChI is InChI=1S/C10H20O2Si/c1-5-13(6-2,7-3)9-8-10(11)12-4/h8-9H,5-7H2,1-4H3/b9-8+. The topological polar surface area (TPSA) is 26.3 Å². The highest BCUT2D eigenvalue weighted by Gasteiger charge is 2.23. The SMILES string of the molecule is CC[Si](/C=C/C(=O)OC)(CC)CC. The van der Waals surface area contributed by atoms with E-state index in [4.69, 9.17) is 0 Å². The average molecular weight is 200 g/mol. The zero-order valence-corrected chi connectivity index (χ0v) is 10.1. The fourth-order valence-electron chi connectivity index (χ4n) is 1.42. The van der Waals surface area contributed by atoms with Gasteiger partial charge in [0.1, 0.15) is 0 Å². The van der Waals surface area contributed by atoms with Gasteiger partial charge in [-0.15, -0.1) is 0 Å². The number of rotatable bonds is 5. The van der Waals surface area contributed by atoms with Crippen LogP contribution < -0.4 is 0 Å². The van der Waals surface area contributed by atoms with Gasteiger partial charge in [0.15, 0.2) is 0 Å². The van der Waals surface area contributed by atoms with Crippen molar-refractivity contribution in [2.45, 2.75) is 38.9 Å². The molecule has 0 atom stereocenters. The normalized spacial score (nSPS) is 12.0. The number of hydrogen-bond donors (Lipinski definition) is 0. The van der Waals surface area contributed by atoms with Gasteiger partial charge < -0.3 is 4.74 Å². The molecule has 0 saturated carbocycles. The first-order valence-corrected chi connectivity index (χ1v) is 7.61. The van der Waals surface area contributed by atoms with Gasteiger partial charge in [-0.3, -0.25) is 0 Å². The Labute approximate surface area is 82.0 Å². The van der Waals surface area contributed by atoms with Crippen molar-refractivity contribution in [3.8, 4) is 0 Å². The summed E-state index contributed by atoms with van der Waals surface area (Å²) in [7, 11) is 0.139. The lowest BCUT2D eigenvalue weighted by atomic mass is 10.7. The maximum atomic E-state index is 10.9. The molecule has 0 heterocycles. The lowest BCUT2D eigenvalue weighted by Gasteiger charge is -2.23. The van der Waals surface area contributed by atoms with Gasteiger partial charge in [-0.1, -0.05) is 44.6 Å². The Hall–Kier alpha value is -0.573. The van der Waals surface area contributed by atoms with Crippen LogP contribution in [0.15, 0.2) is 11.8 Å². The fourth-order valence-corrected chi connectivity index (χ4v) is 4.11. The van der Waals surface area contributed by atoms with Gasteiger partial charge in [0.25, 0.3) is 0 Å². The van der Waals surface area contributed by atoms with Crippen LogP contribution in [0.4, 0.5) is 0 Å². The van der Waals surface area contributed by atoms with Crippen LogP contribution >= 0.6 is 0 Å². The molecule has 0 aliphatic heterocycles. The van der Waals surface area contributed by atoms with E-state index in [1.165, 1.54) is 25.2 Å². The second-order valence-corrected chi connectivity index (χ2v) is 8.46. The number of methoxy groups -OCH3 is 1. The fraction of sp³-hybridized carbons (Fsp3) is 0.700. The molecule has 0 bridgehead atoms. The van der Waals surface area contributed by atoms with Gasteiger partial charge in [-0.2, -0.15) is 0 Å². The summed E-state index contributed by atoms with van der Waals surface area (Å²) < 4.78 is 4.58. The van der Waals surface area contributed by atoms with E-state index < -0.39 is 8.07 Å². The molecule has 0 aromatic heterocycles. The van der Waals surface area contributed by atoms with Crippen LogP contribution in [0.5, 0.6) is 0 Å². The van der Waals surface area contributed by atoms with Crippen molar-refractivity contribution >= 4 is 14.0 Å². The molecule has 0 aromatic carbocycles. The zero-order chi connectivity index (χ0) is 10.3. The second-order valence-electron chi connectivity index (χ2n) is 3.28. The van der Waals surface area contributed by atoms with Crippen LogP contribution in [-0.4, -0.2) is 21.2 Å². The summed E-state index contributed by atoms with van der Waals surface area (Å²) >= 11 is 0. The molecule has 0 unspecified atom stereocenters. The molecule has 13 heavy (non-hydrogen) atoms. The molecular formula is C10H20O2Si. The monoisotopic (exact) mass is 200 g/mol. The minimum absolute atomic E-state index is 0.229. The third-order valence-corrected chi connectivity index (χ3v) is 7.99. The van der Waals surface area contributed by atoms with E-state index >= 15 is 0 Å². The largest absolute Gasteiger partial charge is 0.466 e. The van der Waals surface area contributed by atoms with Crippen molar-refractivity contribution in [1.29, 1.82) is 0 Å². The molecule has 0 spiro atoms. The van der Waals surface area contributed by atoms with E-state index in [2.05, 4.69) is 31.2 Å². The summed E-state index contributed by atoms with van der Waals surface area (Å²) in [6, 6.07) is 3.61. The number of carbonyl (C=O) groups is 1. The van der Waals surface area contributed by atoms with E-state index in [1.807, 2.05) is 0 Å². The summed E-state index contributed by atoms with van der Waals surface area (Å²) in [5, 5.41) is 0. The first-order chi connectivity index (χ1) is 6.14. The summed E-state index contributed by atoms with van der Waals surface area (Å²) in [6.07, 6.45) is 1.60. The maximum Gasteiger partial charge on any atom is 0.329 e. The van der Waals surface area contributed by atoms with Crippen molar-refractivity contribution in [1.82, 2.24) is 0 Å². The van der Waals surface area contributed by atoms with E-state index in [0.29, 0.717) is 0 Å². The van der Waals surface area contributed by atoms with Crippen molar-refractivity contribution in [3.05, 3.63) is 11.8 Å². The average Bonchev–Trinajstić information content (AvgIpc) is 2.20. The smallest absolute Gasteiger partial charge is 0.329 e. The molecule has 2 nitrogen and oxygen atoms in total. The predicted octanol–water partition coefficient (Wildman–Crippen LogP) is 2.76. The molecule has 0 aliphatic carbocycles. The van der Waals surface area contributed by atoms with Gasteiger partial charge in [0, 0.05) is 6.08 Å². The number of esters is 1. The summed E-state index contributed by atoms with van der Waals surface area (Å²) in [5.74, 6) is -0.229. The third kappa shape index (κ3) is 3.76. The quantitative estimate of drug-likeness (QED) is 0.387. The van der Waals surface area contributed by atoms with Crippen molar-refractivity contribution < 1.29 is 9.53 Å². The Morgan fingerprint density at radius 3 is 2.00 bits per heavy atom. The lowest BCUT2D eigenvalue weighted by molar-refractivity contribution is -0.134. The molecule has 0 radical (unpaired) electrons. The minimum atomic E-state index is -1.28. The minimum Gasteiger partial charge on any atom is -0.466 e. The van der Waals surface area contributed by atoms with Crippen molar-refractivity contribution in [3.63, 3.8) is 0 Å². The van der Waals surface area contributed by atoms with Crippen LogP contribution in [-0.2, 0) is 9.53 Å². The van der Waals surface area contributed by atoms with Gasteiger partial charge in [-0.25, -0.2) is 4.79 Å². The first kappa shape index (κ1) is 12.4. The Morgan fingerprint density at radius 1 is 1.23 bits per heavy atom. The molecule has 0 rings (SSSR count). The number of hydrogen-bond acceptors (Lipinski definition) is 2. The van der Waals surface area contributed by atoms with E-state index in [9.17, 15) is 4.79 Å². The zero-order valence-electron chi connectivity index (χ0n) is 9.09. The second kappa shape index (κ2) is 5.97. The molecule has 0 N–H and O–H groups in total. The van der Waals surface area contributed by atoms with Gasteiger partial charge in [0.05, 0.1) is 15.2 Å². The van der Waals surface area contributed by atoms with E-state index in [1.54, 1.807) is 6.08 Å². The van der Waals surface area contributed by atoms with Gasteiger partial charge in [0.2, 0.25) is 0 Å². The Bertz CT molecular complexity index is 175. The van der Waals surface area contributed by atoms with Crippen LogP contribution in [0.2, 0.25) is 18.1 Å². The first-order valence-electron chi connectivity index (χ1n) is 4.91. The molecule has 0 fully saturated rings. The number of ether oxygens (including phenoxy) is 1. The highest BCUT2D eigenvalue weighted by molar-refractivity contribution is 6.84. The van der Waals surface area contributed by atoms with Gasteiger partial charge >= 0.3 is 5.97 Å². The van der Waals surface area contributed by atoms with Crippen LogP contribution in [0, 0.1) is 0 Å². The highest BCUT2D eigenvalue weighted by atomic mass is 28.3. The summed E-state index contributed by atoms with van der Waals surface area (Å²) in [6.45, 7) is 6.63. The Balaban J connectivity index is 4.40. The maximum absolute atomic E-state index is 10.9. The molecular weight excluding hydrogens is 180 g/mol. The highest BCUT2D eigenvalue weighted by Crippen LogP contribution is 2.21. The Kier molecular flexibility index (Phi) is 5.71. The molecule has 0 amide bonds. The van der Waals surface area contributed by atoms with Crippen LogP contribution in [0.25, 0.3) is 0 Å². The molecule has 76 valence electrons. The molecule has 0 aliphatic rings. The van der Waals surface area contributed by atoms with Crippen LogP contribution in [0.1, 0.15) is 20.8 Å². The third-order valence-electron chi connectivity index (χ3n) is 2.89. The summed E-state index contributed by atoms with van der Waals surface area (Å²) in [5.41, 5.74) is 2.12. The van der Waals surface area contributed by atoms with E-state index in [-0.39, 0.29) is 5.97 Å².